The van der Waals surface area contributed by atoms with Crippen LogP contribution in [0.4, 0.5) is 16.2 Å². The van der Waals surface area contributed by atoms with Crippen LogP contribution in [0, 0.1) is 0 Å². The van der Waals surface area contributed by atoms with Crippen LogP contribution in [0.2, 0.25) is 0 Å². The molecule has 0 bridgehead atoms. The molecule has 0 aliphatic carbocycles. The summed E-state index contributed by atoms with van der Waals surface area (Å²) in [4.78, 5) is 24.9. The van der Waals surface area contributed by atoms with Crippen LogP contribution in [0.5, 0.6) is 0 Å². The summed E-state index contributed by atoms with van der Waals surface area (Å²) in [6.45, 7) is 6.70. The molecule has 0 spiro atoms. The number of nitrogens with two attached hydrogens (primary N) is 1. The van der Waals surface area contributed by atoms with Gasteiger partial charge in [-0.25, -0.2) is 4.79 Å². The molecule has 0 saturated carbocycles. The number of carbonyl (C=O) groups excluding carboxylic acids is 2. The van der Waals surface area contributed by atoms with Gasteiger partial charge in [0.15, 0.2) is 0 Å². The number of nitrogens with zero attached hydrogens (tertiary/aromatic N) is 2. The van der Waals surface area contributed by atoms with E-state index in [9.17, 15) is 9.59 Å². The molecule has 1 aromatic carbocycles. The van der Waals surface area contributed by atoms with Gasteiger partial charge in [-0.05, 0) is 39.0 Å². The predicted molar refractivity (Wildman–Crippen MR) is 86.8 cm³/mol. The van der Waals surface area contributed by atoms with E-state index in [1.807, 2.05) is 18.3 Å². The summed E-state index contributed by atoms with van der Waals surface area (Å²) in [5.74, 6) is -0.242. The van der Waals surface area contributed by atoms with Crippen LogP contribution in [-0.2, 0) is 10.3 Å². The molecule has 3 amide bonds. The lowest BCUT2D eigenvalue weighted by Crippen LogP contribution is -2.49. The molecule has 3 N–H and O–H groups in total. The number of hydrogen-bond donors (Lipinski definition) is 2. The molecule has 1 aromatic heterocycles. The van der Waals surface area contributed by atoms with Gasteiger partial charge >= 0.3 is 6.03 Å². The van der Waals surface area contributed by atoms with Gasteiger partial charge in [0, 0.05) is 41.5 Å². The average Bonchev–Trinajstić information content (AvgIpc) is 2.82. The number of hydrogen-bond acceptors (Lipinski definition) is 3. The minimum atomic E-state index is -0.399. The molecular formula is C16H20N4O2. The lowest BCUT2D eigenvalue weighted by atomic mass is 10.1. The van der Waals surface area contributed by atoms with Crippen molar-refractivity contribution >= 4 is 34.2 Å². The molecule has 0 atom stereocenters. The van der Waals surface area contributed by atoms with Crippen molar-refractivity contribution in [2.75, 3.05) is 17.2 Å². The fourth-order valence-electron chi connectivity index (χ4n) is 2.81. The van der Waals surface area contributed by atoms with E-state index >= 15 is 0 Å². The second-order valence-corrected chi connectivity index (χ2v) is 6.58. The van der Waals surface area contributed by atoms with E-state index in [4.69, 9.17) is 5.73 Å². The Labute approximate surface area is 128 Å². The van der Waals surface area contributed by atoms with Crippen molar-refractivity contribution < 1.29 is 9.59 Å². The monoisotopic (exact) mass is 300 g/mol. The number of carbonyl (C=O) groups is 2. The fraction of sp³-hybridized carbons (Fsp3) is 0.375. The number of anilines is 2. The first-order valence-corrected chi connectivity index (χ1v) is 7.30. The first-order valence-electron chi connectivity index (χ1n) is 7.30. The molecule has 2 heterocycles. The Bertz CT molecular complexity index is 770. The highest BCUT2D eigenvalue weighted by Gasteiger charge is 2.25. The van der Waals surface area contributed by atoms with Gasteiger partial charge in [-0.2, -0.15) is 0 Å². The van der Waals surface area contributed by atoms with Crippen LogP contribution in [0.1, 0.15) is 27.2 Å². The van der Waals surface area contributed by atoms with Gasteiger partial charge in [-0.15, -0.1) is 0 Å². The SMILES string of the molecule is CC(C)(C)n1ccc2c(N)cc(N3CCC(=O)NC3=O)cc21. The van der Waals surface area contributed by atoms with E-state index in [1.165, 1.54) is 0 Å². The van der Waals surface area contributed by atoms with Crippen molar-refractivity contribution in [2.24, 2.45) is 0 Å². The molecule has 1 saturated heterocycles. The Kier molecular flexibility index (Phi) is 3.12. The van der Waals surface area contributed by atoms with Gasteiger partial charge in [0.05, 0.1) is 5.52 Å². The van der Waals surface area contributed by atoms with E-state index in [2.05, 4.69) is 30.7 Å². The number of fused-ring (bicyclic) bond motifs is 1. The Hall–Kier alpha value is -2.50. The molecule has 3 rings (SSSR count). The number of imide groups is 1. The summed E-state index contributed by atoms with van der Waals surface area (Å²) in [5, 5.41) is 3.30. The highest BCUT2D eigenvalue weighted by molar-refractivity contribution is 6.07. The number of rotatable bonds is 1. The maximum atomic E-state index is 12.0. The average molecular weight is 300 g/mol. The van der Waals surface area contributed by atoms with Crippen LogP contribution in [-0.4, -0.2) is 23.1 Å². The Balaban J connectivity index is 2.12. The van der Waals surface area contributed by atoms with E-state index < -0.39 is 6.03 Å². The summed E-state index contributed by atoms with van der Waals surface area (Å²) in [7, 11) is 0. The smallest absolute Gasteiger partial charge is 0.328 e. The molecular weight excluding hydrogens is 280 g/mol. The summed E-state index contributed by atoms with van der Waals surface area (Å²) in [6.07, 6.45) is 2.30. The zero-order chi connectivity index (χ0) is 16.1. The second kappa shape index (κ2) is 4.76. The third kappa shape index (κ3) is 2.30. The van der Waals surface area contributed by atoms with Gasteiger partial charge in [0.2, 0.25) is 5.91 Å². The maximum Gasteiger partial charge on any atom is 0.328 e. The standard InChI is InChI=1S/C16H20N4O2/c1-16(2,3)20-7-4-11-12(17)8-10(9-13(11)20)19-6-5-14(21)18-15(19)22/h4,7-9H,5-6,17H2,1-3H3,(H,18,21,22). The number of benzene rings is 1. The molecule has 2 aromatic rings. The molecule has 6 nitrogen and oxygen atoms in total. The minimum Gasteiger partial charge on any atom is -0.398 e. The van der Waals surface area contributed by atoms with E-state index in [-0.39, 0.29) is 11.4 Å². The number of nitrogens with one attached hydrogen (secondary N) is 1. The minimum absolute atomic E-state index is 0.0903. The van der Waals surface area contributed by atoms with E-state index in [0.717, 1.165) is 10.9 Å². The third-order valence-corrected chi connectivity index (χ3v) is 3.91. The number of aromatic nitrogens is 1. The number of urea groups is 1. The molecule has 0 radical (unpaired) electrons. The second-order valence-electron chi connectivity index (χ2n) is 6.58. The predicted octanol–water partition coefficient (Wildman–Crippen LogP) is 2.42. The molecule has 0 unspecified atom stereocenters. The van der Waals surface area contributed by atoms with Crippen molar-refractivity contribution in [3.8, 4) is 0 Å². The number of nitrogen functional groups attached to an aromatic ring is 1. The van der Waals surface area contributed by atoms with Gasteiger partial charge in [0.1, 0.15) is 0 Å². The maximum absolute atomic E-state index is 12.0. The van der Waals surface area contributed by atoms with Crippen LogP contribution in [0.15, 0.2) is 24.4 Å². The lowest BCUT2D eigenvalue weighted by Gasteiger charge is -2.28. The first-order chi connectivity index (χ1) is 10.3. The normalized spacial score (nSPS) is 16.2. The van der Waals surface area contributed by atoms with Gasteiger partial charge in [0.25, 0.3) is 0 Å². The molecule has 1 aliphatic heterocycles. The van der Waals surface area contributed by atoms with Crippen molar-refractivity contribution in [3.05, 3.63) is 24.4 Å². The van der Waals surface area contributed by atoms with Gasteiger partial charge < -0.3 is 10.3 Å². The van der Waals surface area contributed by atoms with Crippen LogP contribution in [0.25, 0.3) is 10.9 Å². The van der Waals surface area contributed by atoms with Gasteiger partial charge in [-0.3, -0.25) is 15.0 Å². The lowest BCUT2D eigenvalue weighted by molar-refractivity contribution is -0.120. The zero-order valence-electron chi connectivity index (χ0n) is 13.0. The van der Waals surface area contributed by atoms with Crippen molar-refractivity contribution in [2.45, 2.75) is 32.7 Å². The Morgan fingerprint density at radius 1 is 1.23 bits per heavy atom. The molecule has 116 valence electrons. The fourth-order valence-corrected chi connectivity index (χ4v) is 2.81. The molecule has 6 heteroatoms. The highest BCUT2D eigenvalue weighted by Crippen LogP contribution is 2.32. The largest absolute Gasteiger partial charge is 0.398 e. The van der Waals surface area contributed by atoms with Crippen LogP contribution < -0.4 is 16.0 Å². The molecule has 22 heavy (non-hydrogen) atoms. The zero-order valence-corrected chi connectivity index (χ0v) is 13.0. The Morgan fingerprint density at radius 3 is 2.59 bits per heavy atom. The van der Waals surface area contributed by atoms with Gasteiger partial charge in [-0.1, -0.05) is 0 Å². The van der Waals surface area contributed by atoms with E-state index in [1.54, 1.807) is 11.0 Å². The summed E-state index contributed by atoms with van der Waals surface area (Å²) >= 11 is 0. The highest BCUT2D eigenvalue weighted by atomic mass is 16.2. The molecule has 1 aliphatic rings. The Morgan fingerprint density at radius 2 is 1.95 bits per heavy atom. The topological polar surface area (TPSA) is 80.4 Å². The summed E-state index contributed by atoms with van der Waals surface area (Å²) in [5.41, 5.74) is 8.38. The summed E-state index contributed by atoms with van der Waals surface area (Å²) < 4.78 is 2.13. The quantitative estimate of drug-likeness (QED) is 0.794. The van der Waals surface area contributed by atoms with Crippen molar-refractivity contribution in [1.82, 2.24) is 9.88 Å². The third-order valence-electron chi connectivity index (χ3n) is 3.91. The van der Waals surface area contributed by atoms with Crippen LogP contribution >= 0.6 is 0 Å². The summed E-state index contributed by atoms with van der Waals surface area (Å²) in [6, 6.07) is 5.32. The van der Waals surface area contributed by atoms with Crippen molar-refractivity contribution in [1.29, 1.82) is 0 Å². The van der Waals surface area contributed by atoms with Crippen LogP contribution in [0.3, 0.4) is 0 Å². The van der Waals surface area contributed by atoms with E-state index in [0.29, 0.717) is 24.3 Å². The van der Waals surface area contributed by atoms with Crippen molar-refractivity contribution in [3.63, 3.8) is 0 Å². The first kappa shape index (κ1) is 14.4. The number of amides is 3. The molecule has 1 fully saturated rings.